The molecule has 0 saturated carbocycles. The van der Waals surface area contributed by atoms with Crippen molar-refractivity contribution in [2.75, 3.05) is 17.7 Å². The maximum atomic E-state index is 12.7. The topological polar surface area (TPSA) is 86.1 Å². The molecule has 1 aliphatic carbocycles. The van der Waals surface area contributed by atoms with E-state index in [4.69, 9.17) is 4.74 Å². The monoisotopic (exact) mass is 468 g/mol. The highest BCUT2D eigenvalue weighted by Crippen LogP contribution is 2.38. The quantitative estimate of drug-likeness (QED) is 0.427. The number of benzene rings is 1. The highest BCUT2D eigenvalue weighted by molar-refractivity contribution is 7.99. The second-order valence-electron chi connectivity index (χ2n) is 8.20. The first-order valence-corrected chi connectivity index (χ1v) is 12.6. The summed E-state index contributed by atoms with van der Waals surface area (Å²) < 4.78 is 7.32. The largest absolute Gasteiger partial charge is 0.482 e. The van der Waals surface area contributed by atoms with Crippen LogP contribution in [0.1, 0.15) is 40.6 Å². The first kappa shape index (κ1) is 21.2. The van der Waals surface area contributed by atoms with E-state index in [0.717, 1.165) is 29.5 Å². The van der Waals surface area contributed by atoms with Gasteiger partial charge in [0.05, 0.1) is 16.3 Å². The molecule has 0 bridgehead atoms. The van der Waals surface area contributed by atoms with E-state index >= 15 is 0 Å². The number of aromatic nitrogens is 3. The van der Waals surface area contributed by atoms with Crippen molar-refractivity contribution in [3.8, 4) is 16.5 Å². The van der Waals surface area contributed by atoms with Gasteiger partial charge in [-0.15, -0.1) is 21.5 Å². The molecule has 1 atom stereocenters. The number of rotatable bonds is 6. The van der Waals surface area contributed by atoms with Crippen LogP contribution in [0, 0.1) is 5.92 Å². The molecule has 0 spiro atoms. The number of carbonyl (C=O) groups is 2. The average molecular weight is 469 g/mol. The Bertz CT molecular complexity index is 1200. The number of carbonyl (C=O) groups excluding carboxylic acids is 2. The number of aryl methyl sites for hydroxylation is 1. The van der Waals surface area contributed by atoms with Crippen LogP contribution in [0.2, 0.25) is 0 Å². The van der Waals surface area contributed by atoms with Crippen LogP contribution in [-0.2, 0) is 24.7 Å². The minimum atomic E-state index is -0.219. The highest BCUT2D eigenvalue weighted by atomic mass is 32.2. The molecule has 32 heavy (non-hydrogen) atoms. The van der Waals surface area contributed by atoms with E-state index in [0.29, 0.717) is 22.2 Å². The lowest BCUT2D eigenvalue weighted by atomic mass is 9.87. The number of hydrogen-bond donors (Lipinski definition) is 1. The summed E-state index contributed by atoms with van der Waals surface area (Å²) >= 11 is 3.19. The number of nitrogens with one attached hydrogen (secondary N) is 1. The summed E-state index contributed by atoms with van der Waals surface area (Å²) in [7, 11) is 1.95. The van der Waals surface area contributed by atoms with Crippen molar-refractivity contribution in [1.29, 1.82) is 0 Å². The van der Waals surface area contributed by atoms with E-state index in [1.165, 1.54) is 35.0 Å². The lowest BCUT2D eigenvalue weighted by Gasteiger charge is -2.19. The van der Waals surface area contributed by atoms with Gasteiger partial charge >= 0.3 is 0 Å². The smallest absolute Gasteiger partial charge is 0.262 e. The Morgan fingerprint density at radius 1 is 1.34 bits per heavy atom. The van der Waals surface area contributed by atoms with E-state index in [1.807, 2.05) is 23.0 Å². The van der Waals surface area contributed by atoms with Gasteiger partial charge in [-0.3, -0.25) is 9.59 Å². The average Bonchev–Trinajstić information content (AvgIpc) is 3.39. The number of ether oxygens (including phenoxy) is 1. The Balaban J connectivity index is 1.28. The number of thioether (sulfide) groups is 1. The summed E-state index contributed by atoms with van der Waals surface area (Å²) in [6.45, 7) is 2.27. The molecule has 0 radical (unpaired) electrons. The fraction of sp³-hybridized carbons (Fsp3) is 0.391. The van der Waals surface area contributed by atoms with Gasteiger partial charge in [-0.2, -0.15) is 0 Å². The van der Waals surface area contributed by atoms with E-state index in [9.17, 15) is 9.59 Å². The van der Waals surface area contributed by atoms with Crippen LogP contribution in [0.3, 0.4) is 0 Å². The number of Topliss-reactive ketones (excluding diaryl/α,β-unsaturated/α-hetero) is 1. The molecule has 3 aromatic rings. The minimum Gasteiger partial charge on any atom is -0.482 e. The van der Waals surface area contributed by atoms with Crippen LogP contribution in [-0.4, -0.2) is 38.8 Å². The second-order valence-corrected chi connectivity index (χ2v) is 10.3. The van der Waals surface area contributed by atoms with Crippen LogP contribution in [0.25, 0.3) is 10.7 Å². The molecule has 0 unspecified atom stereocenters. The first-order valence-electron chi connectivity index (χ1n) is 10.8. The van der Waals surface area contributed by atoms with Gasteiger partial charge in [-0.05, 0) is 55.0 Å². The third-order valence-corrected chi connectivity index (χ3v) is 8.34. The number of ketones is 1. The normalized spacial score (nSPS) is 17.3. The molecule has 7 nitrogen and oxygen atoms in total. The zero-order chi connectivity index (χ0) is 22.2. The summed E-state index contributed by atoms with van der Waals surface area (Å²) in [6.07, 6.45) is 4.80. The van der Waals surface area contributed by atoms with Crippen molar-refractivity contribution in [2.24, 2.45) is 13.0 Å². The Kier molecular flexibility index (Phi) is 5.77. The van der Waals surface area contributed by atoms with Gasteiger partial charge in [0, 0.05) is 17.5 Å². The van der Waals surface area contributed by atoms with Crippen molar-refractivity contribution in [3.05, 3.63) is 40.3 Å². The molecule has 3 heterocycles. The van der Waals surface area contributed by atoms with Gasteiger partial charge in [0.25, 0.3) is 5.91 Å². The fourth-order valence-electron chi connectivity index (χ4n) is 4.18. The number of anilines is 1. The fourth-order valence-corrected chi connectivity index (χ4v) is 6.22. The van der Waals surface area contributed by atoms with Crippen LogP contribution in [0.5, 0.6) is 5.75 Å². The summed E-state index contributed by atoms with van der Waals surface area (Å²) in [5.41, 5.74) is 2.52. The van der Waals surface area contributed by atoms with Crippen LogP contribution in [0.4, 0.5) is 5.69 Å². The maximum Gasteiger partial charge on any atom is 0.262 e. The van der Waals surface area contributed by atoms with Gasteiger partial charge in [-0.25, -0.2) is 0 Å². The number of fused-ring (bicyclic) bond motifs is 2. The van der Waals surface area contributed by atoms with Gasteiger partial charge in [0.15, 0.2) is 23.4 Å². The molecule has 0 fully saturated rings. The van der Waals surface area contributed by atoms with E-state index in [1.54, 1.807) is 18.2 Å². The molecule has 9 heteroatoms. The van der Waals surface area contributed by atoms with E-state index in [2.05, 4.69) is 28.5 Å². The van der Waals surface area contributed by atoms with Gasteiger partial charge in [0.1, 0.15) is 5.75 Å². The predicted molar refractivity (Wildman–Crippen MR) is 126 cm³/mol. The van der Waals surface area contributed by atoms with E-state index in [-0.39, 0.29) is 24.1 Å². The van der Waals surface area contributed by atoms with Crippen LogP contribution < -0.4 is 10.1 Å². The van der Waals surface area contributed by atoms with Crippen molar-refractivity contribution in [3.63, 3.8) is 0 Å². The molecule has 1 aromatic carbocycles. The van der Waals surface area contributed by atoms with Gasteiger partial charge in [0.2, 0.25) is 0 Å². The zero-order valence-electron chi connectivity index (χ0n) is 18.0. The Hall–Kier alpha value is -2.65. The van der Waals surface area contributed by atoms with Crippen molar-refractivity contribution in [1.82, 2.24) is 14.8 Å². The second kappa shape index (κ2) is 8.71. The van der Waals surface area contributed by atoms with E-state index < -0.39 is 0 Å². The first-order chi connectivity index (χ1) is 15.5. The Labute approximate surface area is 194 Å². The summed E-state index contributed by atoms with van der Waals surface area (Å²) in [5.74, 6) is 2.18. The molecule has 2 aromatic heterocycles. The predicted octanol–water partition coefficient (Wildman–Crippen LogP) is 4.36. The molecule has 0 saturated heterocycles. The zero-order valence-corrected chi connectivity index (χ0v) is 19.6. The third-order valence-electron chi connectivity index (χ3n) is 6.08. The molecular formula is C23H24N4O3S2. The van der Waals surface area contributed by atoms with Crippen LogP contribution in [0.15, 0.2) is 29.4 Å². The van der Waals surface area contributed by atoms with Crippen LogP contribution >= 0.6 is 23.1 Å². The van der Waals surface area contributed by atoms with Crippen molar-refractivity contribution in [2.45, 2.75) is 37.8 Å². The Morgan fingerprint density at radius 3 is 3.06 bits per heavy atom. The maximum absolute atomic E-state index is 12.7. The molecule has 2 aliphatic rings. The summed E-state index contributed by atoms with van der Waals surface area (Å²) in [5, 5.41) is 12.2. The summed E-state index contributed by atoms with van der Waals surface area (Å²) in [4.78, 5) is 26.9. The molecule has 5 rings (SSSR count). The van der Waals surface area contributed by atoms with Crippen molar-refractivity contribution < 1.29 is 14.3 Å². The van der Waals surface area contributed by atoms with Crippen molar-refractivity contribution >= 4 is 40.5 Å². The number of amides is 1. The standard InChI is InChI=1S/C23H24N4O3S2/c1-3-13-4-7-19-15(8-13)10-20(32-19)22-25-26-23(27(22)2)31-12-17(28)14-5-6-18-16(9-14)24-21(29)11-30-18/h5-6,9-10,13H,3-4,7-8,11-12H2,1-2H3,(H,24,29)/t13-/m1/s1. The number of hydrogen-bond acceptors (Lipinski definition) is 7. The number of thiophene rings is 1. The molecule has 1 amide bonds. The third kappa shape index (κ3) is 4.06. The number of nitrogens with zero attached hydrogens (tertiary/aromatic N) is 3. The lowest BCUT2D eigenvalue weighted by molar-refractivity contribution is -0.118. The molecule has 166 valence electrons. The summed E-state index contributed by atoms with van der Waals surface area (Å²) in [6, 6.07) is 7.38. The van der Waals surface area contributed by atoms with Gasteiger partial charge < -0.3 is 14.6 Å². The van der Waals surface area contributed by atoms with Gasteiger partial charge in [-0.1, -0.05) is 25.1 Å². The lowest BCUT2D eigenvalue weighted by Crippen LogP contribution is -2.25. The molecular weight excluding hydrogens is 444 g/mol. The Morgan fingerprint density at radius 2 is 2.22 bits per heavy atom. The molecule has 1 N–H and O–H groups in total. The SMILES string of the molecule is CC[C@@H]1CCc2sc(-c3nnc(SCC(=O)c4ccc5c(c4)NC(=O)CO5)n3C)cc2C1. The molecule has 1 aliphatic heterocycles. The highest BCUT2D eigenvalue weighted by Gasteiger charge is 2.23. The minimum absolute atomic E-state index is 0.00293.